The smallest absolute Gasteiger partial charge is 0.170 e. The van der Waals surface area contributed by atoms with E-state index in [0.717, 1.165) is 5.56 Å². The number of pyridine rings is 1. The van der Waals surface area contributed by atoms with Crippen molar-refractivity contribution in [3.05, 3.63) is 72.3 Å². The van der Waals surface area contributed by atoms with Gasteiger partial charge in [0.15, 0.2) is 21.5 Å². The van der Waals surface area contributed by atoms with Crippen LogP contribution in [0.4, 0.5) is 0 Å². The number of ether oxygens (including phenoxy) is 3. The molecule has 0 unspecified atom stereocenters. The lowest BCUT2D eigenvalue weighted by atomic mass is 10.2. The summed E-state index contributed by atoms with van der Waals surface area (Å²) >= 11 is 0. The average Bonchev–Trinajstić information content (AvgIpc) is 3.33. The summed E-state index contributed by atoms with van der Waals surface area (Å²) in [6.07, 6.45) is 6.86. The van der Waals surface area contributed by atoms with Crippen molar-refractivity contribution in [2.24, 2.45) is 0 Å². The fraction of sp³-hybridized carbons (Fsp3) is 0.370. The van der Waals surface area contributed by atoms with Crippen LogP contribution in [0.15, 0.2) is 55.2 Å². The van der Waals surface area contributed by atoms with Crippen molar-refractivity contribution in [2.75, 3.05) is 14.2 Å². The van der Waals surface area contributed by atoms with Crippen molar-refractivity contribution in [1.82, 2.24) is 29.7 Å². The molecule has 206 valence electrons. The molecular weight excluding hydrogens is 520 g/mol. The van der Waals surface area contributed by atoms with Crippen LogP contribution in [0, 0.1) is 6.92 Å². The molecule has 4 aromatic rings. The second-order valence-corrected chi connectivity index (χ2v) is 11.6. The molecule has 1 aromatic carbocycles. The van der Waals surface area contributed by atoms with Gasteiger partial charge in [-0.15, -0.1) is 10.2 Å². The van der Waals surface area contributed by atoms with Crippen LogP contribution in [-0.4, -0.2) is 63.7 Å². The molecule has 39 heavy (non-hydrogen) atoms. The number of sulfone groups is 1. The molecule has 0 saturated carbocycles. The van der Waals surface area contributed by atoms with Gasteiger partial charge < -0.3 is 14.2 Å². The molecule has 0 amide bonds. The van der Waals surface area contributed by atoms with Crippen LogP contribution < -0.4 is 9.47 Å². The number of hydrogen-bond acceptors (Lipinski definition) is 10. The van der Waals surface area contributed by atoms with E-state index in [1.807, 2.05) is 26.8 Å². The Kier molecular flexibility index (Phi) is 8.56. The van der Waals surface area contributed by atoms with Crippen LogP contribution >= 0.6 is 0 Å². The van der Waals surface area contributed by atoms with Gasteiger partial charge in [-0.1, -0.05) is 6.07 Å². The molecule has 4 rings (SSSR count). The van der Waals surface area contributed by atoms with Gasteiger partial charge in [-0.05, 0) is 51.5 Å². The van der Waals surface area contributed by atoms with E-state index in [9.17, 15) is 8.42 Å². The maximum Gasteiger partial charge on any atom is 0.170 e. The summed E-state index contributed by atoms with van der Waals surface area (Å²) in [5.74, 6) is 1.07. The van der Waals surface area contributed by atoms with Gasteiger partial charge in [0.1, 0.15) is 29.0 Å². The zero-order chi connectivity index (χ0) is 28.2. The van der Waals surface area contributed by atoms with Crippen molar-refractivity contribution in [3.8, 4) is 28.6 Å². The van der Waals surface area contributed by atoms with E-state index in [-0.39, 0.29) is 11.9 Å². The van der Waals surface area contributed by atoms with E-state index < -0.39 is 26.9 Å². The Hall–Kier alpha value is -3.90. The van der Waals surface area contributed by atoms with E-state index in [0.29, 0.717) is 34.3 Å². The summed E-state index contributed by atoms with van der Waals surface area (Å²) in [5, 5.41) is 7.76. The lowest BCUT2D eigenvalue weighted by molar-refractivity contribution is 0.00384. The lowest BCUT2D eigenvalue weighted by Gasteiger charge is -2.25. The zero-order valence-electron chi connectivity index (χ0n) is 22.8. The number of para-hydroxylation sites is 1. The molecular formula is C27H32N6O5S. The summed E-state index contributed by atoms with van der Waals surface area (Å²) in [7, 11) is -0.803. The molecule has 12 heteroatoms. The standard InChI is InChI=1S/C27H32N6O5S/c1-17(2)38-26(21-15-28-10-11-30-21)19(4)39(34,35)16-24-31-32-27(20-12-18(3)13-29-14-20)33(24)25-22(36-5)8-7-9-23(25)37-6/h7-15,17,19,26H,16H2,1-6H3/t19-,26+/m0/s1. The number of benzene rings is 1. The molecule has 0 radical (unpaired) electrons. The maximum atomic E-state index is 13.9. The molecule has 0 aliphatic carbocycles. The second kappa shape index (κ2) is 11.9. The van der Waals surface area contributed by atoms with E-state index in [1.165, 1.54) is 32.8 Å². The van der Waals surface area contributed by atoms with E-state index in [2.05, 4.69) is 25.1 Å². The van der Waals surface area contributed by atoms with Crippen molar-refractivity contribution in [1.29, 1.82) is 0 Å². The van der Waals surface area contributed by atoms with Crippen LogP contribution in [-0.2, 0) is 20.3 Å². The molecule has 11 nitrogen and oxygen atoms in total. The normalized spacial score (nSPS) is 13.3. The van der Waals surface area contributed by atoms with Crippen LogP contribution in [0.2, 0.25) is 0 Å². The van der Waals surface area contributed by atoms with Gasteiger partial charge in [-0.3, -0.25) is 19.5 Å². The molecule has 3 aromatic heterocycles. The van der Waals surface area contributed by atoms with E-state index in [4.69, 9.17) is 14.2 Å². The Balaban J connectivity index is 1.85. The molecule has 0 spiro atoms. The predicted molar refractivity (Wildman–Crippen MR) is 146 cm³/mol. The molecule has 2 atom stereocenters. The highest BCUT2D eigenvalue weighted by Gasteiger charge is 2.35. The molecule has 3 heterocycles. The minimum atomic E-state index is -3.87. The fourth-order valence-electron chi connectivity index (χ4n) is 4.23. The monoisotopic (exact) mass is 552 g/mol. The van der Waals surface area contributed by atoms with E-state index >= 15 is 0 Å². The number of rotatable bonds is 11. The molecule has 0 saturated heterocycles. The largest absolute Gasteiger partial charge is 0.494 e. The third kappa shape index (κ3) is 6.07. The molecule has 0 bridgehead atoms. The van der Waals surface area contributed by atoms with E-state index in [1.54, 1.807) is 42.1 Å². The molecule has 0 N–H and O–H groups in total. The lowest BCUT2D eigenvalue weighted by Crippen LogP contribution is -2.31. The molecule has 0 aliphatic heterocycles. The fourth-order valence-corrected chi connectivity index (χ4v) is 5.62. The topological polar surface area (TPSA) is 131 Å². The van der Waals surface area contributed by atoms with Gasteiger partial charge in [0.2, 0.25) is 0 Å². The minimum absolute atomic E-state index is 0.184. The average molecular weight is 553 g/mol. The van der Waals surface area contributed by atoms with Crippen LogP contribution in [0.5, 0.6) is 11.5 Å². The Morgan fingerprint density at radius 2 is 1.67 bits per heavy atom. The number of nitrogens with zero attached hydrogens (tertiary/aromatic N) is 6. The summed E-state index contributed by atoms with van der Waals surface area (Å²) in [6, 6.07) is 7.21. The Morgan fingerprint density at radius 1 is 0.949 bits per heavy atom. The Bertz CT molecular complexity index is 1500. The Morgan fingerprint density at radius 3 is 2.26 bits per heavy atom. The molecule has 0 fully saturated rings. The van der Waals surface area contributed by atoms with Gasteiger partial charge in [0.05, 0.1) is 37.5 Å². The van der Waals surface area contributed by atoms with Crippen molar-refractivity contribution < 1.29 is 22.6 Å². The van der Waals surface area contributed by atoms with Crippen molar-refractivity contribution in [2.45, 2.75) is 50.9 Å². The van der Waals surface area contributed by atoms with Crippen molar-refractivity contribution >= 4 is 9.84 Å². The minimum Gasteiger partial charge on any atom is -0.494 e. The van der Waals surface area contributed by atoms with Gasteiger partial charge in [0, 0.05) is 30.4 Å². The highest BCUT2D eigenvalue weighted by molar-refractivity contribution is 7.91. The Labute approximate surface area is 228 Å². The van der Waals surface area contributed by atoms with Crippen LogP contribution in [0.25, 0.3) is 17.1 Å². The predicted octanol–water partition coefficient (Wildman–Crippen LogP) is 3.91. The third-order valence-corrected chi connectivity index (χ3v) is 8.15. The van der Waals surface area contributed by atoms with Gasteiger partial charge in [-0.25, -0.2) is 8.42 Å². The number of methoxy groups -OCH3 is 2. The SMILES string of the molecule is COc1cccc(OC)c1-n1c(CS(=O)(=O)[C@@H](C)[C@@H](OC(C)C)c2cnccn2)nnc1-c1cncc(C)c1. The summed E-state index contributed by atoms with van der Waals surface area (Å²) in [6.45, 7) is 7.20. The number of aromatic nitrogens is 6. The van der Waals surface area contributed by atoms with Gasteiger partial charge in [-0.2, -0.15) is 0 Å². The first-order valence-electron chi connectivity index (χ1n) is 12.4. The third-order valence-electron chi connectivity index (χ3n) is 6.11. The summed E-state index contributed by atoms with van der Waals surface area (Å²) < 4.78 is 46.8. The maximum absolute atomic E-state index is 13.9. The summed E-state index contributed by atoms with van der Waals surface area (Å²) in [4.78, 5) is 12.7. The van der Waals surface area contributed by atoms with Crippen LogP contribution in [0.1, 0.15) is 44.0 Å². The van der Waals surface area contributed by atoms with Gasteiger partial charge >= 0.3 is 0 Å². The highest BCUT2D eigenvalue weighted by Crippen LogP contribution is 2.37. The number of aryl methyl sites for hydroxylation is 1. The second-order valence-electron chi connectivity index (χ2n) is 9.29. The molecule has 0 aliphatic rings. The quantitative estimate of drug-likeness (QED) is 0.270. The van der Waals surface area contributed by atoms with Crippen LogP contribution in [0.3, 0.4) is 0 Å². The zero-order valence-corrected chi connectivity index (χ0v) is 23.6. The first-order valence-corrected chi connectivity index (χ1v) is 14.1. The number of hydrogen-bond donors (Lipinski definition) is 0. The van der Waals surface area contributed by atoms with Gasteiger partial charge in [0.25, 0.3) is 0 Å². The first kappa shape index (κ1) is 28.1. The highest BCUT2D eigenvalue weighted by atomic mass is 32.2. The first-order chi connectivity index (χ1) is 18.7. The summed E-state index contributed by atoms with van der Waals surface area (Å²) in [5.41, 5.74) is 2.48. The van der Waals surface area contributed by atoms with Crippen molar-refractivity contribution in [3.63, 3.8) is 0 Å².